The molecule has 0 radical (unpaired) electrons. The number of amides is 1. The molecule has 2 heterocycles. The smallest absolute Gasteiger partial charge is 0.264 e. The summed E-state index contributed by atoms with van der Waals surface area (Å²) in [5, 5.41) is 4.48. The molecule has 2 aliphatic heterocycles. The van der Waals surface area contributed by atoms with Crippen LogP contribution in [0.1, 0.15) is 61.0 Å². The van der Waals surface area contributed by atoms with Crippen LogP contribution in [0.5, 0.6) is 0 Å². The molecule has 2 fully saturated rings. The van der Waals surface area contributed by atoms with Crippen molar-refractivity contribution in [3.63, 3.8) is 0 Å². The number of anilines is 2. The summed E-state index contributed by atoms with van der Waals surface area (Å²) >= 11 is 7.97. The molecule has 3 atom stereocenters. The predicted molar refractivity (Wildman–Crippen MR) is 245 cm³/mol. The van der Waals surface area contributed by atoms with Crippen LogP contribution in [-0.4, -0.2) is 80.7 Å². The number of nitrogens with zero attached hydrogens (tertiary/aromatic N) is 3. The molecule has 0 bridgehead atoms. The number of nitrogens with one attached hydrogen (secondary N) is 2. The van der Waals surface area contributed by atoms with Gasteiger partial charge < -0.3 is 10.2 Å². The Morgan fingerprint density at radius 2 is 1.51 bits per heavy atom. The number of halogens is 1. The first kappa shape index (κ1) is 42.8. The lowest BCUT2D eigenvalue weighted by atomic mass is 9.97. The van der Waals surface area contributed by atoms with Gasteiger partial charge in [0.15, 0.2) is 0 Å². The Bertz CT molecular complexity index is 2260. The molecule has 7 rings (SSSR count). The van der Waals surface area contributed by atoms with E-state index in [9.17, 15) is 13.2 Å². The highest BCUT2D eigenvalue weighted by molar-refractivity contribution is 7.99. The zero-order chi connectivity index (χ0) is 41.4. The van der Waals surface area contributed by atoms with Crippen LogP contribution in [0.15, 0.2) is 131 Å². The molecular formula is C48H56ClN5O3S2. The number of likely N-dealkylation sites (tertiary alicyclic amines) is 1. The number of hydrogen-bond acceptors (Lipinski definition) is 8. The molecule has 2 unspecified atom stereocenters. The Labute approximate surface area is 360 Å². The number of hydrogen-bond donors (Lipinski definition) is 2. The highest BCUT2D eigenvalue weighted by atomic mass is 35.5. The van der Waals surface area contributed by atoms with Gasteiger partial charge in [0.25, 0.3) is 15.9 Å². The van der Waals surface area contributed by atoms with Crippen LogP contribution in [0.4, 0.5) is 11.4 Å². The van der Waals surface area contributed by atoms with Crippen molar-refractivity contribution < 1.29 is 13.2 Å². The summed E-state index contributed by atoms with van der Waals surface area (Å²) in [6.07, 6.45) is 4.73. The normalized spacial score (nSPS) is 18.3. The summed E-state index contributed by atoms with van der Waals surface area (Å²) in [5.74, 6) is 0.228. The van der Waals surface area contributed by atoms with E-state index in [1.165, 1.54) is 35.3 Å². The van der Waals surface area contributed by atoms with Gasteiger partial charge >= 0.3 is 0 Å². The average Bonchev–Trinajstić information content (AvgIpc) is 3.24. The largest absolute Gasteiger partial charge is 0.381 e. The Kier molecular flexibility index (Phi) is 14.4. The molecule has 2 saturated heterocycles. The first-order valence-electron chi connectivity index (χ1n) is 20.8. The van der Waals surface area contributed by atoms with E-state index < -0.39 is 15.9 Å². The fraction of sp³-hybridized carbons (Fsp3) is 0.354. The third-order valence-electron chi connectivity index (χ3n) is 11.8. The second-order valence-electron chi connectivity index (χ2n) is 16.0. The Balaban J connectivity index is 0.935. The highest BCUT2D eigenvalue weighted by Crippen LogP contribution is 2.29. The van der Waals surface area contributed by atoms with Gasteiger partial charge in [0.2, 0.25) is 0 Å². The zero-order valence-electron chi connectivity index (χ0n) is 34.3. The number of piperidine rings is 1. The minimum Gasteiger partial charge on any atom is -0.381 e. The van der Waals surface area contributed by atoms with Crippen LogP contribution in [0.25, 0.3) is 11.1 Å². The number of sulfonamides is 1. The van der Waals surface area contributed by atoms with Gasteiger partial charge in [-0.05, 0) is 129 Å². The Hall–Kier alpha value is -4.32. The molecule has 310 valence electrons. The Morgan fingerprint density at radius 1 is 0.831 bits per heavy atom. The van der Waals surface area contributed by atoms with Gasteiger partial charge in [-0.3, -0.25) is 14.6 Å². The third-order valence-corrected chi connectivity index (χ3v) is 14.6. The van der Waals surface area contributed by atoms with Crippen molar-refractivity contribution in [2.45, 2.75) is 80.9 Å². The van der Waals surface area contributed by atoms with Crippen LogP contribution in [0.3, 0.4) is 0 Å². The molecule has 2 N–H and O–H groups in total. The zero-order valence-corrected chi connectivity index (χ0v) is 36.7. The molecule has 0 saturated carbocycles. The maximum Gasteiger partial charge on any atom is 0.264 e. The van der Waals surface area contributed by atoms with E-state index in [0.717, 1.165) is 79.0 Å². The predicted octanol–water partition coefficient (Wildman–Crippen LogP) is 9.98. The minimum absolute atomic E-state index is 0.0605. The molecule has 1 amide bonds. The van der Waals surface area contributed by atoms with Crippen molar-refractivity contribution in [2.24, 2.45) is 0 Å². The minimum atomic E-state index is -4.10. The number of benzene rings is 5. The van der Waals surface area contributed by atoms with Crippen molar-refractivity contribution in [1.82, 2.24) is 14.5 Å². The SMILES string of the molecule is Cc1cc(S(=O)(=O)NC(=O)c2ccc(N3CCN(Cc4ccccc4-c4ccc(Cl)cc4)CC3)cc2)ccc1N[C@H](CCN1C(C)CCCC1C)CSc1ccccc1. The number of carbonyl (C=O) groups excluding carboxylic acids is 1. The lowest BCUT2D eigenvalue weighted by Crippen LogP contribution is -2.46. The summed E-state index contributed by atoms with van der Waals surface area (Å²) in [6.45, 7) is 11.9. The van der Waals surface area contributed by atoms with Gasteiger partial charge in [-0.2, -0.15) is 0 Å². The van der Waals surface area contributed by atoms with E-state index in [2.05, 4.69) is 99.2 Å². The monoisotopic (exact) mass is 849 g/mol. The summed E-state index contributed by atoms with van der Waals surface area (Å²) in [7, 11) is -4.10. The van der Waals surface area contributed by atoms with Gasteiger partial charge in [0.1, 0.15) is 0 Å². The van der Waals surface area contributed by atoms with E-state index >= 15 is 0 Å². The first-order valence-corrected chi connectivity index (χ1v) is 23.7. The van der Waals surface area contributed by atoms with Crippen LogP contribution in [-0.2, 0) is 16.6 Å². The lowest BCUT2D eigenvalue weighted by molar-refractivity contribution is 0.0981. The second kappa shape index (κ2) is 19.8. The van der Waals surface area contributed by atoms with Crippen molar-refractivity contribution in [2.75, 3.05) is 48.7 Å². The van der Waals surface area contributed by atoms with E-state index in [0.29, 0.717) is 17.6 Å². The fourth-order valence-corrected chi connectivity index (χ4v) is 10.5. The van der Waals surface area contributed by atoms with Gasteiger partial charge in [0.05, 0.1) is 4.90 Å². The molecule has 0 spiro atoms. The number of piperazine rings is 1. The maximum absolute atomic E-state index is 13.5. The molecule has 0 aliphatic carbocycles. The van der Waals surface area contributed by atoms with Crippen molar-refractivity contribution in [1.29, 1.82) is 0 Å². The first-order chi connectivity index (χ1) is 28.5. The van der Waals surface area contributed by atoms with Crippen LogP contribution in [0, 0.1) is 6.92 Å². The van der Waals surface area contributed by atoms with Crippen LogP contribution >= 0.6 is 23.4 Å². The van der Waals surface area contributed by atoms with Crippen LogP contribution in [0.2, 0.25) is 5.02 Å². The van der Waals surface area contributed by atoms with E-state index in [-0.39, 0.29) is 10.9 Å². The van der Waals surface area contributed by atoms with Gasteiger partial charge in [0, 0.05) is 90.0 Å². The van der Waals surface area contributed by atoms with Crippen LogP contribution < -0.4 is 14.9 Å². The lowest BCUT2D eigenvalue weighted by Gasteiger charge is -2.39. The maximum atomic E-state index is 13.5. The van der Waals surface area contributed by atoms with Gasteiger partial charge in [-0.25, -0.2) is 13.1 Å². The van der Waals surface area contributed by atoms with E-state index in [1.54, 1.807) is 24.3 Å². The van der Waals surface area contributed by atoms with Gasteiger partial charge in [-0.1, -0.05) is 72.6 Å². The van der Waals surface area contributed by atoms with E-state index in [4.69, 9.17) is 11.6 Å². The molecule has 11 heteroatoms. The molecule has 59 heavy (non-hydrogen) atoms. The molecule has 8 nitrogen and oxygen atoms in total. The topological polar surface area (TPSA) is 85.0 Å². The fourth-order valence-electron chi connectivity index (χ4n) is 8.35. The summed E-state index contributed by atoms with van der Waals surface area (Å²) in [6, 6.07) is 40.5. The number of thioether (sulfide) groups is 1. The molecule has 0 aromatic heterocycles. The second-order valence-corrected chi connectivity index (χ2v) is 19.2. The third kappa shape index (κ3) is 11.3. The number of carbonyl (C=O) groups is 1. The van der Waals surface area contributed by atoms with Crippen molar-refractivity contribution in [3.8, 4) is 11.1 Å². The standard InChI is InChI=1S/C48H56ClN5O3S2/c1-35-32-45(24-25-47(35)50-42(34-58-44-13-5-4-6-14-44)26-27-54-36(2)10-9-11-37(54)3)59(56,57)51-48(55)39-18-22-43(23-19-39)53-30-28-52(29-31-53)33-40-12-7-8-15-46(40)38-16-20-41(49)21-17-38/h4-8,12-25,32,36-37,42,50H,9-11,26-31,33-34H2,1-3H3,(H,51,55)/t36?,37?,42-/m1/s1. The highest BCUT2D eigenvalue weighted by Gasteiger charge is 2.26. The Morgan fingerprint density at radius 3 is 2.20 bits per heavy atom. The quantitative estimate of drug-likeness (QED) is 0.101. The summed E-state index contributed by atoms with van der Waals surface area (Å²) in [4.78, 5) is 22.0. The molecular weight excluding hydrogens is 794 g/mol. The summed E-state index contributed by atoms with van der Waals surface area (Å²) < 4.78 is 29.3. The van der Waals surface area contributed by atoms with E-state index in [1.807, 2.05) is 55.1 Å². The molecule has 5 aromatic rings. The number of aryl methyl sites for hydroxylation is 1. The van der Waals surface area contributed by atoms with Crippen molar-refractivity contribution >= 4 is 50.7 Å². The van der Waals surface area contributed by atoms with Gasteiger partial charge in [-0.15, -0.1) is 11.8 Å². The number of rotatable bonds is 15. The average molecular weight is 851 g/mol. The molecule has 5 aromatic carbocycles. The summed E-state index contributed by atoms with van der Waals surface area (Å²) in [5.41, 5.74) is 6.65. The van der Waals surface area contributed by atoms with Crippen molar-refractivity contribution in [3.05, 3.63) is 143 Å². The molecule has 2 aliphatic rings.